The van der Waals surface area contributed by atoms with E-state index in [1.54, 1.807) is 23.0 Å². The Kier molecular flexibility index (Phi) is 12.2. The summed E-state index contributed by atoms with van der Waals surface area (Å²) in [7, 11) is 1.72. The van der Waals surface area contributed by atoms with Gasteiger partial charge in [-0.25, -0.2) is 4.79 Å². The highest BCUT2D eigenvalue weighted by molar-refractivity contribution is 6.08. The van der Waals surface area contributed by atoms with E-state index in [1.165, 1.54) is 0 Å². The number of H-pyrrole nitrogens is 1. The number of likely N-dealkylation sites (N-methyl/N-ethyl adjacent to an activating group) is 1. The topological polar surface area (TPSA) is 136 Å². The van der Waals surface area contributed by atoms with Crippen LogP contribution >= 0.6 is 0 Å². The monoisotopic (exact) mass is 652 g/mol. The van der Waals surface area contributed by atoms with Gasteiger partial charge in [0.2, 0.25) is 11.8 Å². The zero-order valence-electron chi connectivity index (χ0n) is 27.3. The molecular formula is C37H44N6O5. The van der Waals surface area contributed by atoms with Gasteiger partial charge in [-0.15, -0.1) is 0 Å². The smallest absolute Gasteiger partial charge is 0.317 e. The average molecular weight is 653 g/mol. The minimum atomic E-state index is -0.911. The highest BCUT2D eigenvalue weighted by Crippen LogP contribution is 2.18. The number of unbranched alkanes of at least 4 members (excludes halogenated alkanes) is 1. The van der Waals surface area contributed by atoms with Crippen LogP contribution in [0, 0.1) is 0 Å². The molecule has 4 N–H and O–H groups in total. The van der Waals surface area contributed by atoms with E-state index in [0.717, 1.165) is 22.0 Å². The Morgan fingerprint density at radius 3 is 2.23 bits per heavy atom. The van der Waals surface area contributed by atoms with Crippen LogP contribution in [-0.2, 0) is 27.3 Å². The van der Waals surface area contributed by atoms with E-state index in [9.17, 15) is 19.2 Å². The summed E-state index contributed by atoms with van der Waals surface area (Å²) in [6, 6.07) is 24.8. The van der Waals surface area contributed by atoms with Gasteiger partial charge in [0.05, 0.1) is 18.8 Å². The van der Waals surface area contributed by atoms with Crippen molar-refractivity contribution in [2.24, 2.45) is 0 Å². The number of carbonyl (C=O) groups is 4. The third-order valence-electron chi connectivity index (χ3n) is 8.49. The summed E-state index contributed by atoms with van der Waals surface area (Å²) < 4.78 is 5.32. The van der Waals surface area contributed by atoms with Gasteiger partial charge >= 0.3 is 6.03 Å². The minimum Gasteiger partial charge on any atom is -0.378 e. The molecule has 4 aromatic rings. The predicted molar refractivity (Wildman–Crippen MR) is 184 cm³/mol. The molecule has 0 bridgehead atoms. The molecule has 0 saturated carbocycles. The average Bonchev–Trinajstić information content (AvgIpc) is 3.56. The van der Waals surface area contributed by atoms with Crippen LogP contribution in [-0.4, -0.2) is 90.5 Å². The van der Waals surface area contributed by atoms with Crippen molar-refractivity contribution >= 4 is 34.7 Å². The Bertz CT molecular complexity index is 1650. The predicted octanol–water partition coefficient (Wildman–Crippen LogP) is 3.86. The van der Waals surface area contributed by atoms with E-state index < -0.39 is 18.0 Å². The fourth-order valence-corrected chi connectivity index (χ4v) is 5.83. The number of aromatic amines is 1. The summed E-state index contributed by atoms with van der Waals surface area (Å²) in [5, 5.41) is 9.60. The number of hydrogen-bond donors (Lipinski definition) is 4. The van der Waals surface area contributed by atoms with E-state index in [2.05, 4.69) is 20.9 Å². The number of para-hydroxylation sites is 1. The Morgan fingerprint density at radius 2 is 1.50 bits per heavy atom. The van der Waals surface area contributed by atoms with Crippen LogP contribution in [0.5, 0.6) is 0 Å². The molecule has 252 valence electrons. The molecule has 0 radical (unpaired) electrons. The number of urea groups is 1. The molecule has 1 aromatic heterocycles. The molecule has 0 aliphatic carbocycles. The summed E-state index contributed by atoms with van der Waals surface area (Å²) in [5.41, 5.74) is 3.12. The Hall–Kier alpha value is -5.16. The lowest BCUT2D eigenvalue weighted by Crippen LogP contribution is -2.54. The third-order valence-corrected chi connectivity index (χ3v) is 8.49. The van der Waals surface area contributed by atoms with E-state index in [4.69, 9.17) is 4.74 Å². The van der Waals surface area contributed by atoms with Crippen molar-refractivity contribution < 1.29 is 23.9 Å². The molecule has 5 rings (SSSR count). The largest absolute Gasteiger partial charge is 0.378 e. The first-order valence-electron chi connectivity index (χ1n) is 16.5. The van der Waals surface area contributed by atoms with Crippen molar-refractivity contribution in [1.82, 2.24) is 30.7 Å². The first-order valence-corrected chi connectivity index (χ1v) is 16.5. The second-order valence-electron chi connectivity index (χ2n) is 12.0. The molecule has 2 atom stereocenters. The summed E-state index contributed by atoms with van der Waals surface area (Å²) in [6.07, 6.45) is 3.41. The number of ether oxygens (including phenoxy) is 1. The molecule has 11 heteroatoms. The van der Waals surface area contributed by atoms with Gasteiger partial charge in [0.25, 0.3) is 5.91 Å². The summed E-state index contributed by atoms with van der Waals surface area (Å²) in [5.74, 6) is -1.06. The molecule has 48 heavy (non-hydrogen) atoms. The number of nitrogens with zero attached hydrogens (tertiary/aromatic N) is 2. The lowest BCUT2D eigenvalue weighted by Gasteiger charge is -2.27. The lowest BCUT2D eigenvalue weighted by atomic mass is 10.0. The number of aromatic nitrogens is 1. The zero-order chi connectivity index (χ0) is 33.7. The fraction of sp³-hybridized carbons (Fsp3) is 0.351. The highest BCUT2D eigenvalue weighted by Gasteiger charge is 2.29. The molecule has 3 aromatic carbocycles. The van der Waals surface area contributed by atoms with E-state index in [0.29, 0.717) is 70.6 Å². The Morgan fingerprint density at radius 1 is 0.833 bits per heavy atom. The SMILES string of the molecule is CN(Cc1ccccc1)C(=O)[C@@H](Cc1ccccc1)NC(=O)C(CCCCNC(=O)N1CCOCC1)NC(=O)c1c[nH]c2ccccc12. The molecule has 2 heterocycles. The van der Waals surface area contributed by atoms with Crippen LogP contribution in [0.15, 0.2) is 91.1 Å². The minimum absolute atomic E-state index is 0.137. The maximum atomic E-state index is 14.0. The molecular weight excluding hydrogens is 608 g/mol. The number of amides is 5. The van der Waals surface area contributed by atoms with Crippen molar-refractivity contribution in [3.05, 3.63) is 108 Å². The maximum absolute atomic E-state index is 14.0. The molecule has 1 aliphatic rings. The van der Waals surface area contributed by atoms with Crippen LogP contribution in [0.4, 0.5) is 4.79 Å². The molecule has 5 amide bonds. The van der Waals surface area contributed by atoms with Gasteiger partial charge in [-0.2, -0.15) is 0 Å². The van der Waals surface area contributed by atoms with Gasteiger partial charge in [-0.05, 0) is 36.5 Å². The Balaban J connectivity index is 1.28. The number of fused-ring (bicyclic) bond motifs is 1. The van der Waals surface area contributed by atoms with Gasteiger partial charge < -0.3 is 35.5 Å². The Labute approximate surface area is 281 Å². The third kappa shape index (κ3) is 9.45. The first kappa shape index (κ1) is 34.2. The normalized spacial score (nSPS) is 14.1. The van der Waals surface area contributed by atoms with Crippen LogP contribution in [0.2, 0.25) is 0 Å². The highest BCUT2D eigenvalue weighted by atomic mass is 16.5. The first-order chi connectivity index (χ1) is 23.4. The van der Waals surface area contributed by atoms with Gasteiger partial charge in [0, 0.05) is 56.7 Å². The quantitative estimate of drug-likeness (QED) is 0.154. The molecule has 11 nitrogen and oxygen atoms in total. The van der Waals surface area contributed by atoms with Crippen molar-refractivity contribution in [1.29, 1.82) is 0 Å². The van der Waals surface area contributed by atoms with E-state index >= 15 is 0 Å². The number of carbonyl (C=O) groups excluding carboxylic acids is 4. The molecule has 1 aliphatic heterocycles. The van der Waals surface area contributed by atoms with Crippen molar-refractivity contribution in [2.75, 3.05) is 39.9 Å². The second kappa shape index (κ2) is 17.1. The van der Waals surface area contributed by atoms with Gasteiger partial charge in [0.1, 0.15) is 12.1 Å². The number of hydrogen-bond acceptors (Lipinski definition) is 5. The maximum Gasteiger partial charge on any atom is 0.317 e. The van der Waals surface area contributed by atoms with Crippen LogP contribution in [0.3, 0.4) is 0 Å². The van der Waals surface area contributed by atoms with Gasteiger partial charge in [0.15, 0.2) is 0 Å². The number of benzene rings is 3. The van der Waals surface area contributed by atoms with E-state index in [1.807, 2.05) is 84.9 Å². The molecule has 1 unspecified atom stereocenters. The summed E-state index contributed by atoms with van der Waals surface area (Å²) >= 11 is 0. The van der Waals surface area contributed by atoms with Crippen molar-refractivity contribution in [2.45, 2.75) is 44.3 Å². The molecule has 1 fully saturated rings. The number of rotatable bonds is 14. The van der Waals surface area contributed by atoms with Crippen molar-refractivity contribution in [3.8, 4) is 0 Å². The standard InChI is InChI=1S/C37H44N6O5/c1-42(26-28-14-6-3-7-15-28)36(46)33(24-27-12-4-2-5-13-27)41-35(45)32(18-10-11-19-38-37(47)43-20-22-48-23-21-43)40-34(44)30-25-39-31-17-9-8-16-29(30)31/h2-9,12-17,25,32-33,39H,10-11,18-24,26H2,1H3,(H,38,47)(H,40,44)(H,41,45)/t32?,33-/m1/s1. The van der Waals surface area contributed by atoms with Gasteiger partial charge in [-0.3, -0.25) is 14.4 Å². The number of nitrogens with one attached hydrogen (secondary N) is 4. The molecule has 1 saturated heterocycles. The summed E-state index contributed by atoms with van der Waals surface area (Å²) in [6.45, 7) is 2.97. The second-order valence-corrected chi connectivity index (χ2v) is 12.0. The van der Waals surface area contributed by atoms with Gasteiger partial charge in [-0.1, -0.05) is 78.9 Å². The van der Waals surface area contributed by atoms with E-state index in [-0.39, 0.29) is 17.8 Å². The molecule has 0 spiro atoms. The van der Waals surface area contributed by atoms with Crippen LogP contribution < -0.4 is 16.0 Å². The fourth-order valence-electron chi connectivity index (χ4n) is 5.83. The van der Waals surface area contributed by atoms with Crippen LogP contribution in [0.25, 0.3) is 10.9 Å². The van der Waals surface area contributed by atoms with Crippen molar-refractivity contribution in [3.63, 3.8) is 0 Å². The lowest BCUT2D eigenvalue weighted by molar-refractivity contribution is -0.136. The van der Waals surface area contributed by atoms with Crippen LogP contribution in [0.1, 0.15) is 40.7 Å². The zero-order valence-corrected chi connectivity index (χ0v) is 27.3. The summed E-state index contributed by atoms with van der Waals surface area (Å²) in [4.78, 5) is 60.3. The number of morpholine rings is 1.